The smallest absolute Gasteiger partial charge is 0.275 e. The van der Waals surface area contributed by atoms with Crippen LogP contribution in [0.4, 0.5) is 11.5 Å². The second-order valence-corrected chi connectivity index (χ2v) is 5.58. The summed E-state index contributed by atoms with van der Waals surface area (Å²) in [4.78, 5) is 23.1. The van der Waals surface area contributed by atoms with Crippen LogP contribution in [0, 0.1) is 13.8 Å². The Morgan fingerprint density at radius 2 is 1.83 bits per heavy atom. The molecule has 2 aromatic rings. The van der Waals surface area contributed by atoms with Gasteiger partial charge in [0, 0.05) is 18.8 Å². The van der Waals surface area contributed by atoms with Crippen molar-refractivity contribution in [1.82, 2.24) is 9.97 Å². The molecule has 3 rings (SSSR count). The van der Waals surface area contributed by atoms with Crippen molar-refractivity contribution < 1.29 is 9.53 Å². The largest absolute Gasteiger partial charge is 0.378 e. The van der Waals surface area contributed by atoms with Crippen LogP contribution in [0.15, 0.2) is 30.6 Å². The maximum Gasteiger partial charge on any atom is 0.275 e. The molecule has 0 atom stereocenters. The van der Waals surface area contributed by atoms with E-state index in [1.807, 2.05) is 32.0 Å². The summed E-state index contributed by atoms with van der Waals surface area (Å²) in [6, 6.07) is 5.91. The third-order valence-corrected chi connectivity index (χ3v) is 3.93. The van der Waals surface area contributed by atoms with Gasteiger partial charge in [-0.25, -0.2) is 9.97 Å². The molecular formula is C17H20N4O2. The van der Waals surface area contributed by atoms with Crippen LogP contribution in [0.2, 0.25) is 0 Å². The summed E-state index contributed by atoms with van der Waals surface area (Å²) in [7, 11) is 0. The number of aromatic nitrogens is 2. The lowest BCUT2D eigenvalue weighted by molar-refractivity contribution is 0.102. The minimum absolute atomic E-state index is 0.247. The SMILES string of the molecule is Cc1cccc(C)c1NC(=O)c1cnc(N2CCOCC2)cn1. The number of amides is 1. The van der Waals surface area contributed by atoms with Gasteiger partial charge in [-0.2, -0.15) is 0 Å². The fourth-order valence-electron chi connectivity index (χ4n) is 2.58. The Labute approximate surface area is 135 Å². The van der Waals surface area contributed by atoms with Crippen LogP contribution in [-0.4, -0.2) is 42.2 Å². The zero-order valence-electron chi connectivity index (χ0n) is 13.4. The molecule has 1 aliphatic heterocycles. The van der Waals surface area contributed by atoms with E-state index in [1.54, 1.807) is 6.20 Å². The van der Waals surface area contributed by atoms with Gasteiger partial charge in [0.05, 0.1) is 25.6 Å². The molecule has 0 unspecified atom stereocenters. The van der Waals surface area contributed by atoms with Crippen molar-refractivity contribution in [3.05, 3.63) is 47.4 Å². The van der Waals surface area contributed by atoms with Crippen molar-refractivity contribution in [2.24, 2.45) is 0 Å². The van der Waals surface area contributed by atoms with E-state index in [1.165, 1.54) is 6.20 Å². The van der Waals surface area contributed by atoms with Crippen LogP contribution in [0.3, 0.4) is 0 Å². The predicted octanol–water partition coefficient (Wildman–Crippen LogP) is 2.18. The molecule has 1 aromatic carbocycles. The maximum absolute atomic E-state index is 12.4. The molecule has 6 heteroatoms. The van der Waals surface area contributed by atoms with E-state index in [4.69, 9.17) is 4.74 Å². The summed E-state index contributed by atoms with van der Waals surface area (Å²) in [5.74, 6) is 0.528. The zero-order valence-corrected chi connectivity index (χ0v) is 13.4. The lowest BCUT2D eigenvalue weighted by Gasteiger charge is -2.27. The van der Waals surface area contributed by atoms with Crippen molar-refractivity contribution >= 4 is 17.4 Å². The number of aryl methyl sites for hydroxylation is 2. The normalized spacial score (nSPS) is 14.6. The summed E-state index contributed by atoms with van der Waals surface area (Å²) in [5.41, 5.74) is 3.19. The Hall–Kier alpha value is -2.47. The van der Waals surface area contributed by atoms with E-state index in [0.29, 0.717) is 18.9 Å². The first-order valence-electron chi connectivity index (χ1n) is 7.67. The van der Waals surface area contributed by atoms with Gasteiger partial charge >= 0.3 is 0 Å². The average molecular weight is 312 g/mol. The van der Waals surface area contributed by atoms with Gasteiger partial charge in [-0.3, -0.25) is 4.79 Å². The molecule has 120 valence electrons. The molecule has 1 saturated heterocycles. The van der Waals surface area contributed by atoms with Crippen LogP contribution < -0.4 is 10.2 Å². The minimum atomic E-state index is -0.247. The molecule has 0 aliphatic carbocycles. The fourth-order valence-corrected chi connectivity index (χ4v) is 2.58. The standard InChI is InChI=1S/C17H20N4O2/c1-12-4-3-5-13(2)16(12)20-17(22)14-10-19-15(11-18-14)21-6-8-23-9-7-21/h3-5,10-11H,6-9H2,1-2H3,(H,20,22). The van der Waals surface area contributed by atoms with Crippen LogP contribution >= 0.6 is 0 Å². The van der Waals surface area contributed by atoms with Gasteiger partial charge in [0.1, 0.15) is 11.5 Å². The molecule has 1 fully saturated rings. The second-order valence-electron chi connectivity index (χ2n) is 5.58. The van der Waals surface area contributed by atoms with Crippen molar-refractivity contribution in [3.63, 3.8) is 0 Å². The molecule has 6 nitrogen and oxygen atoms in total. The summed E-state index contributed by atoms with van der Waals surface area (Å²) in [5, 5.41) is 2.92. The first kappa shape index (κ1) is 15.4. The van der Waals surface area contributed by atoms with Gasteiger partial charge in [-0.15, -0.1) is 0 Å². The Bertz CT molecular complexity index is 674. The van der Waals surface area contributed by atoms with Gasteiger partial charge in [0.2, 0.25) is 0 Å². The highest BCUT2D eigenvalue weighted by atomic mass is 16.5. The Balaban J connectivity index is 1.72. The van der Waals surface area contributed by atoms with Crippen molar-refractivity contribution in [2.45, 2.75) is 13.8 Å². The van der Waals surface area contributed by atoms with E-state index in [-0.39, 0.29) is 5.91 Å². The molecule has 0 bridgehead atoms. The third kappa shape index (κ3) is 3.48. The number of ether oxygens (including phenoxy) is 1. The number of rotatable bonds is 3. The van der Waals surface area contributed by atoms with E-state index in [0.717, 1.165) is 35.7 Å². The summed E-state index contributed by atoms with van der Waals surface area (Å²) in [6.45, 7) is 6.91. The van der Waals surface area contributed by atoms with Crippen LogP contribution in [0.5, 0.6) is 0 Å². The highest BCUT2D eigenvalue weighted by Gasteiger charge is 2.15. The summed E-state index contributed by atoms with van der Waals surface area (Å²) >= 11 is 0. The summed E-state index contributed by atoms with van der Waals surface area (Å²) < 4.78 is 5.32. The van der Waals surface area contributed by atoms with Crippen LogP contribution in [0.1, 0.15) is 21.6 Å². The van der Waals surface area contributed by atoms with Crippen molar-refractivity contribution in [1.29, 1.82) is 0 Å². The first-order valence-corrected chi connectivity index (χ1v) is 7.67. The predicted molar refractivity (Wildman–Crippen MR) is 88.9 cm³/mol. The maximum atomic E-state index is 12.4. The van der Waals surface area contributed by atoms with Gasteiger partial charge in [0.25, 0.3) is 5.91 Å². The number of benzene rings is 1. The molecule has 1 aromatic heterocycles. The Morgan fingerprint density at radius 1 is 1.13 bits per heavy atom. The molecule has 23 heavy (non-hydrogen) atoms. The Morgan fingerprint density at radius 3 is 2.43 bits per heavy atom. The number of para-hydroxylation sites is 1. The Kier molecular flexibility index (Phi) is 4.52. The highest BCUT2D eigenvalue weighted by Crippen LogP contribution is 2.20. The van der Waals surface area contributed by atoms with E-state index < -0.39 is 0 Å². The minimum Gasteiger partial charge on any atom is -0.378 e. The molecule has 1 aliphatic rings. The number of morpholine rings is 1. The van der Waals surface area contributed by atoms with E-state index >= 15 is 0 Å². The van der Waals surface area contributed by atoms with Gasteiger partial charge in [-0.1, -0.05) is 18.2 Å². The number of hydrogen-bond donors (Lipinski definition) is 1. The van der Waals surface area contributed by atoms with Gasteiger partial charge in [-0.05, 0) is 25.0 Å². The molecule has 1 N–H and O–H groups in total. The number of nitrogens with one attached hydrogen (secondary N) is 1. The van der Waals surface area contributed by atoms with Crippen molar-refractivity contribution in [2.75, 3.05) is 36.5 Å². The molecule has 1 amide bonds. The van der Waals surface area contributed by atoms with Crippen molar-refractivity contribution in [3.8, 4) is 0 Å². The first-order chi connectivity index (χ1) is 11.1. The second kappa shape index (κ2) is 6.75. The molecule has 2 heterocycles. The zero-order chi connectivity index (χ0) is 16.2. The monoisotopic (exact) mass is 312 g/mol. The van der Waals surface area contributed by atoms with Crippen LogP contribution in [0.25, 0.3) is 0 Å². The van der Waals surface area contributed by atoms with Gasteiger partial charge in [0.15, 0.2) is 0 Å². The highest BCUT2D eigenvalue weighted by molar-refractivity contribution is 6.03. The lowest BCUT2D eigenvalue weighted by Crippen LogP contribution is -2.36. The van der Waals surface area contributed by atoms with E-state index in [9.17, 15) is 4.79 Å². The van der Waals surface area contributed by atoms with Gasteiger partial charge < -0.3 is 15.0 Å². The number of carbonyl (C=O) groups excluding carboxylic acids is 1. The fraction of sp³-hybridized carbons (Fsp3) is 0.353. The number of carbonyl (C=O) groups is 1. The topological polar surface area (TPSA) is 67.4 Å². The lowest BCUT2D eigenvalue weighted by atomic mass is 10.1. The van der Waals surface area contributed by atoms with Crippen LogP contribution in [-0.2, 0) is 4.74 Å². The number of hydrogen-bond acceptors (Lipinski definition) is 5. The quantitative estimate of drug-likeness (QED) is 0.941. The molecule has 0 radical (unpaired) electrons. The average Bonchev–Trinajstić information content (AvgIpc) is 2.59. The molecule has 0 spiro atoms. The molecule has 0 saturated carbocycles. The molecular weight excluding hydrogens is 292 g/mol. The number of anilines is 2. The number of nitrogens with zero attached hydrogens (tertiary/aromatic N) is 3. The summed E-state index contributed by atoms with van der Waals surface area (Å²) in [6.07, 6.45) is 3.17. The van der Waals surface area contributed by atoms with E-state index in [2.05, 4.69) is 20.2 Å². The third-order valence-electron chi connectivity index (χ3n) is 3.93.